The van der Waals surface area contributed by atoms with Gasteiger partial charge in [-0.1, -0.05) is 17.7 Å². The first-order chi connectivity index (χ1) is 15.3. The van der Waals surface area contributed by atoms with Crippen LogP contribution < -0.4 is 14.8 Å². The van der Waals surface area contributed by atoms with Gasteiger partial charge in [0.1, 0.15) is 17.9 Å². The number of sulfonamides is 1. The van der Waals surface area contributed by atoms with Crippen LogP contribution >= 0.6 is 11.6 Å². The van der Waals surface area contributed by atoms with E-state index in [9.17, 15) is 18.3 Å². The van der Waals surface area contributed by atoms with Crippen LogP contribution in [-0.2, 0) is 14.8 Å². The molecule has 1 aromatic heterocycles. The minimum absolute atomic E-state index is 0.0768. The summed E-state index contributed by atoms with van der Waals surface area (Å²) in [5.74, 6) is -0.878. The summed E-state index contributed by atoms with van der Waals surface area (Å²) in [6.45, 7) is 0.486. The molecule has 0 bridgehead atoms. The Morgan fingerprint density at radius 3 is 2.69 bits per heavy atom. The van der Waals surface area contributed by atoms with Crippen molar-refractivity contribution < 1.29 is 27.8 Å². The van der Waals surface area contributed by atoms with Gasteiger partial charge in [0.2, 0.25) is 5.88 Å². The molecule has 0 unspecified atom stereocenters. The third-order valence-corrected chi connectivity index (χ3v) is 5.76. The van der Waals surface area contributed by atoms with Gasteiger partial charge in [-0.3, -0.25) is 9.52 Å². The molecule has 9 nitrogen and oxygen atoms in total. The topological polar surface area (TPSA) is 127 Å². The summed E-state index contributed by atoms with van der Waals surface area (Å²) < 4.78 is 38.2. The number of aromatic hydroxyl groups is 1. The quantitative estimate of drug-likeness (QED) is 0.318. The van der Waals surface area contributed by atoms with Crippen molar-refractivity contribution in [3.8, 4) is 11.6 Å². The minimum Gasteiger partial charge on any atom is -0.506 e. The van der Waals surface area contributed by atoms with Crippen LogP contribution in [0.1, 0.15) is 10.4 Å². The van der Waals surface area contributed by atoms with Crippen LogP contribution in [0.2, 0.25) is 5.02 Å². The number of anilines is 2. The number of carbonyl (C=O) groups is 1. The highest BCUT2D eigenvalue weighted by Crippen LogP contribution is 2.29. The van der Waals surface area contributed by atoms with E-state index in [4.69, 9.17) is 21.1 Å². The van der Waals surface area contributed by atoms with E-state index < -0.39 is 15.9 Å². The Balaban J connectivity index is 1.83. The molecule has 1 heterocycles. The van der Waals surface area contributed by atoms with Gasteiger partial charge in [-0.15, -0.1) is 0 Å². The Hall–Kier alpha value is -3.34. The Morgan fingerprint density at radius 2 is 1.94 bits per heavy atom. The van der Waals surface area contributed by atoms with E-state index in [-0.39, 0.29) is 40.1 Å². The number of nitrogens with one attached hydrogen (secondary N) is 2. The predicted octanol–water partition coefficient (Wildman–Crippen LogP) is 3.52. The number of ether oxygens (including phenoxy) is 2. The van der Waals surface area contributed by atoms with Crippen LogP contribution in [0.4, 0.5) is 11.4 Å². The third-order valence-electron chi connectivity index (χ3n) is 4.15. The van der Waals surface area contributed by atoms with Gasteiger partial charge in [0, 0.05) is 18.3 Å². The fraction of sp³-hybridized carbons (Fsp3) is 0.143. The summed E-state index contributed by atoms with van der Waals surface area (Å²) >= 11 is 5.90. The van der Waals surface area contributed by atoms with Gasteiger partial charge in [0.15, 0.2) is 0 Å². The number of rotatable bonds is 9. The van der Waals surface area contributed by atoms with E-state index in [0.717, 1.165) is 6.07 Å². The molecular weight excluding hydrogens is 458 g/mol. The summed E-state index contributed by atoms with van der Waals surface area (Å²) in [6, 6.07) is 12.8. The lowest BCUT2D eigenvalue weighted by Crippen LogP contribution is -2.17. The average Bonchev–Trinajstić information content (AvgIpc) is 2.75. The fourth-order valence-corrected chi connectivity index (χ4v) is 3.90. The second-order valence-electron chi connectivity index (χ2n) is 6.45. The number of phenolic OH excluding ortho intramolecular Hbond substituents is 1. The standard InChI is InChI=1S/C21H20ClN3O6S/c1-30-10-11-31-21-17(6-3-9-23-21)20(27)24-18-13-16(7-8-19(18)26)32(28,29)25-15-5-2-4-14(22)12-15/h2-9,12-13,25-26H,10-11H2,1H3,(H,24,27). The fourth-order valence-electron chi connectivity index (χ4n) is 2.64. The maximum Gasteiger partial charge on any atom is 0.261 e. The largest absolute Gasteiger partial charge is 0.506 e. The van der Waals surface area contributed by atoms with Crippen molar-refractivity contribution in [2.24, 2.45) is 0 Å². The SMILES string of the molecule is COCCOc1ncccc1C(=O)Nc1cc(S(=O)(=O)Nc2cccc(Cl)c2)ccc1O. The van der Waals surface area contributed by atoms with Crippen LogP contribution in [0, 0.1) is 0 Å². The Morgan fingerprint density at radius 1 is 1.12 bits per heavy atom. The van der Waals surface area contributed by atoms with Gasteiger partial charge < -0.3 is 19.9 Å². The number of benzene rings is 2. The predicted molar refractivity (Wildman–Crippen MR) is 120 cm³/mol. The number of carbonyl (C=O) groups excluding carboxylic acids is 1. The van der Waals surface area contributed by atoms with E-state index in [1.54, 1.807) is 24.3 Å². The number of methoxy groups -OCH3 is 1. The lowest BCUT2D eigenvalue weighted by molar-refractivity contribution is 0.101. The molecule has 0 spiro atoms. The molecule has 0 aliphatic carbocycles. The third kappa shape index (κ3) is 5.88. The average molecular weight is 478 g/mol. The molecule has 0 aliphatic rings. The minimum atomic E-state index is -4.01. The number of pyridine rings is 1. The lowest BCUT2D eigenvalue weighted by Gasteiger charge is -2.13. The molecule has 32 heavy (non-hydrogen) atoms. The van der Waals surface area contributed by atoms with E-state index in [1.165, 1.54) is 37.6 Å². The molecule has 0 atom stereocenters. The molecular formula is C21H20ClN3O6S. The molecule has 11 heteroatoms. The van der Waals surface area contributed by atoms with Crippen molar-refractivity contribution in [2.45, 2.75) is 4.90 Å². The number of aromatic nitrogens is 1. The van der Waals surface area contributed by atoms with Crippen molar-refractivity contribution in [3.63, 3.8) is 0 Å². The molecule has 3 aromatic rings. The van der Waals surface area contributed by atoms with Crippen LogP contribution in [-0.4, -0.2) is 44.7 Å². The first-order valence-electron chi connectivity index (χ1n) is 9.29. The summed E-state index contributed by atoms with van der Waals surface area (Å²) in [7, 11) is -2.50. The highest BCUT2D eigenvalue weighted by atomic mass is 35.5. The molecule has 3 rings (SSSR count). The molecule has 0 saturated heterocycles. The summed E-state index contributed by atoms with van der Waals surface area (Å²) in [4.78, 5) is 16.6. The first kappa shape index (κ1) is 23.3. The van der Waals surface area contributed by atoms with E-state index >= 15 is 0 Å². The normalized spacial score (nSPS) is 11.1. The molecule has 0 aliphatic heterocycles. The number of amides is 1. The number of nitrogens with zero attached hydrogens (tertiary/aromatic N) is 1. The smallest absolute Gasteiger partial charge is 0.261 e. The Labute approximate surface area is 190 Å². The summed E-state index contributed by atoms with van der Waals surface area (Å²) in [5, 5.41) is 13.0. The molecule has 0 fully saturated rings. The summed E-state index contributed by atoms with van der Waals surface area (Å²) in [5.41, 5.74) is 0.272. The monoisotopic (exact) mass is 477 g/mol. The van der Waals surface area contributed by atoms with Crippen LogP contribution in [0.25, 0.3) is 0 Å². The molecule has 3 N–H and O–H groups in total. The molecule has 0 saturated carbocycles. The number of hydrogen-bond donors (Lipinski definition) is 3. The van der Waals surface area contributed by atoms with E-state index in [0.29, 0.717) is 11.6 Å². The molecule has 0 radical (unpaired) electrons. The second-order valence-corrected chi connectivity index (χ2v) is 8.57. The van der Waals surface area contributed by atoms with Gasteiger partial charge in [0.25, 0.3) is 15.9 Å². The lowest BCUT2D eigenvalue weighted by atomic mass is 10.2. The van der Waals surface area contributed by atoms with E-state index in [2.05, 4.69) is 15.0 Å². The van der Waals surface area contributed by atoms with Crippen molar-refractivity contribution in [3.05, 3.63) is 71.4 Å². The summed E-state index contributed by atoms with van der Waals surface area (Å²) in [6.07, 6.45) is 1.46. The number of halogens is 1. The van der Waals surface area contributed by atoms with Crippen molar-refractivity contribution in [2.75, 3.05) is 30.4 Å². The zero-order chi connectivity index (χ0) is 23.1. The second kappa shape index (κ2) is 10.3. The van der Waals surface area contributed by atoms with Gasteiger partial charge in [-0.05, 0) is 48.5 Å². The highest BCUT2D eigenvalue weighted by Gasteiger charge is 2.19. The maximum atomic E-state index is 12.8. The molecule has 1 amide bonds. The van der Waals surface area contributed by atoms with Crippen molar-refractivity contribution in [1.82, 2.24) is 4.98 Å². The maximum absolute atomic E-state index is 12.8. The zero-order valence-electron chi connectivity index (χ0n) is 16.9. The van der Waals surface area contributed by atoms with Gasteiger partial charge in [-0.2, -0.15) is 0 Å². The Kier molecular flexibility index (Phi) is 7.52. The Bertz CT molecular complexity index is 1220. The number of hydrogen-bond acceptors (Lipinski definition) is 7. The number of phenols is 1. The first-order valence-corrected chi connectivity index (χ1v) is 11.2. The van der Waals surface area contributed by atoms with Gasteiger partial charge >= 0.3 is 0 Å². The van der Waals surface area contributed by atoms with Gasteiger partial charge in [-0.25, -0.2) is 13.4 Å². The highest BCUT2D eigenvalue weighted by molar-refractivity contribution is 7.92. The van der Waals surface area contributed by atoms with Gasteiger partial charge in [0.05, 0.1) is 22.9 Å². The van der Waals surface area contributed by atoms with E-state index in [1.807, 2.05) is 0 Å². The molecule has 2 aromatic carbocycles. The van der Waals surface area contributed by atoms with Crippen LogP contribution in [0.3, 0.4) is 0 Å². The van der Waals surface area contributed by atoms with Crippen LogP contribution in [0.5, 0.6) is 11.6 Å². The molecule has 168 valence electrons. The van der Waals surface area contributed by atoms with Crippen molar-refractivity contribution >= 4 is 38.9 Å². The van der Waals surface area contributed by atoms with Crippen LogP contribution in [0.15, 0.2) is 65.7 Å². The van der Waals surface area contributed by atoms with Crippen molar-refractivity contribution in [1.29, 1.82) is 0 Å². The zero-order valence-corrected chi connectivity index (χ0v) is 18.5.